The molecule has 84 valence electrons. The molecule has 0 radical (unpaired) electrons. The highest BCUT2D eigenvalue weighted by molar-refractivity contribution is 5.50. The summed E-state index contributed by atoms with van der Waals surface area (Å²) in [4.78, 5) is 14.4. The second-order valence-electron chi connectivity index (χ2n) is 4.49. The summed E-state index contributed by atoms with van der Waals surface area (Å²) in [5.41, 5.74) is 2.17. The molecule has 1 aromatic rings. The van der Waals surface area contributed by atoms with E-state index in [9.17, 15) is 9.90 Å². The van der Waals surface area contributed by atoms with Crippen molar-refractivity contribution in [2.24, 2.45) is 4.99 Å². The number of hydrogen-bond donors (Lipinski definition) is 1. The lowest BCUT2D eigenvalue weighted by Gasteiger charge is -2.37. The van der Waals surface area contributed by atoms with Gasteiger partial charge >= 0.3 is 0 Å². The molecule has 1 fully saturated rings. The van der Waals surface area contributed by atoms with Gasteiger partial charge in [0, 0.05) is 5.56 Å². The minimum Gasteiger partial charge on any atom is -0.507 e. The highest BCUT2D eigenvalue weighted by atomic mass is 16.3. The summed E-state index contributed by atoms with van der Waals surface area (Å²) in [5.74, 6) is 0.277. The Labute approximate surface area is 94.8 Å². The summed E-state index contributed by atoms with van der Waals surface area (Å²) < 4.78 is 0. The average Bonchev–Trinajstić information content (AvgIpc) is 2.21. The Bertz CT molecular complexity index is 469. The Morgan fingerprint density at radius 1 is 1.38 bits per heavy atom. The molecule has 1 aliphatic carbocycles. The van der Waals surface area contributed by atoms with Gasteiger partial charge in [0.1, 0.15) is 11.3 Å². The topological polar surface area (TPSA) is 49.7 Å². The van der Waals surface area contributed by atoms with Crippen molar-refractivity contribution in [3.05, 3.63) is 28.8 Å². The summed E-state index contributed by atoms with van der Waals surface area (Å²) in [5, 5.41) is 10.1. The minimum absolute atomic E-state index is 0.277. The van der Waals surface area contributed by atoms with Crippen molar-refractivity contribution in [1.29, 1.82) is 0 Å². The van der Waals surface area contributed by atoms with Gasteiger partial charge in [0.2, 0.25) is 6.08 Å². The van der Waals surface area contributed by atoms with E-state index in [4.69, 9.17) is 0 Å². The fourth-order valence-corrected chi connectivity index (χ4v) is 2.22. The molecule has 0 bridgehead atoms. The maximum atomic E-state index is 10.5. The van der Waals surface area contributed by atoms with E-state index in [1.807, 2.05) is 26.0 Å². The highest BCUT2D eigenvalue weighted by Gasteiger charge is 2.41. The maximum absolute atomic E-state index is 10.5. The number of carbonyl (C=O) groups excluding carboxylic acids is 1. The van der Waals surface area contributed by atoms with E-state index < -0.39 is 5.54 Å². The van der Waals surface area contributed by atoms with Crippen molar-refractivity contribution in [3.8, 4) is 5.75 Å². The molecule has 0 aliphatic heterocycles. The fraction of sp³-hybridized carbons (Fsp3) is 0.462. The number of nitrogens with zero attached hydrogens (tertiary/aromatic N) is 1. The van der Waals surface area contributed by atoms with Gasteiger partial charge in [0.15, 0.2) is 0 Å². The van der Waals surface area contributed by atoms with Crippen LogP contribution in [0, 0.1) is 13.8 Å². The SMILES string of the molecule is Cc1ccc(C2(N=C=O)CCC2)c(O)c1C. The third-order valence-corrected chi connectivity index (χ3v) is 3.64. The maximum Gasteiger partial charge on any atom is 0.235 e. The first kappa shape index (κ1) is 10.9. The van der Waals surface area contributed by atoms with Gasteiger partial charge in [-0.05, 0) is 44.2 Å². The molecule has 3 heteroatoms. The van der Waals surface area contributed by atoms with Crippen molar-refractivity contribution >= 4 is 6.08 Å². The predicted molar refractivity (Wildman–Crippen MR) is 61.2 cm³/mol. The molecule has 2 rings (SSSR count). The predicted octanol–water partition coefficient (Wildman–Crippen LogP) is 2.72. The fourth-order valence-electron chi connectivity index (χ4n) is 2.22. The number of aromatic hydroxyl groups is 1. The molecular weight excluding hydrogens is 202 g/mol. The van der Waals surface area contributed by atoms with Crippen LogP contribution >= 0.6 is 0 Å². The first-order chi connectivity index (χ1) is 7.60. The molecule has 1 aliphatic rings. The van der Waals surface area contributed by atoms with Crippen molar-refractivity contribution in [2.75, 3.05) is 0 Å². The zero-order valence-electron chi connectivity index (χ0n) is 9.58. The number of benzene rings is 1. The molecule has 0 heterocycles. The number of rotatable bonds is 2. The van der Waals surface area contributed by atoms with Gasteiger partial charge in [-0.1, -0.05) is 12.1 Å². The number of hydrogen-bond acceptors (Lipinski definition) is 3. The molecule has 0 aromatic heterocycles. The zero-order valence-corrected chi connectivity index (χ0v) is 9.58. The average molecular weight is 217 g/mol. The normalized spacial score (nSPS) is 17.4. The monoisotopic (exact) mass is 217 g/mol. The molecule has 0 saturated heterocycles. The number of phenolic OH excluding ortho intramolecular Hbond substituents is 1. The first-order valence-electron chi connectivity index (χ1n) is 5.49. The van der Waals surface area contributed by atoms with E-state index in [0.717, 1.165) is 36.0 Å². The Hall–Kier alpha value is -1.60. The van der Waals surface area contributed by atoms with Crippen LogP contribution in [0.5, 0.6) is 5.75 Å². The Kier molecular flexibility index (Phi) is 2.56. The van der Waals surface area contributed by atoms with Crippen LogP contribution in [-0.2, 0) is 10.3 Å². The van der Waals surface area contributed by atoms with Crippen LogP contribution in [0.1, 0.15) is 36.0 Å². The van der Waals surface area contributed by atoms with Crippen LogP contribution in [0.25, 0.3) is 0 Å². The van der Waals surface area contributed by atoms with Crippen LogP contribution in [0.2, 0.25) is 0 Å². The van der Waals surface area contributed by atoms with E-state index >= 15 is 0 Å². The van der Waals surface area contributed by atoms with Crippen LogP contribution in [0.3, 0.4) is 0 Å². The molecule has 3 nitrogen and oxygen atoms in total. The summed E-state index contributed by atoms with van der Waals surface area (Å²) >= 11 is 0. The molecule has 16 heavy (non-hydrogen) atoms. The lowest BCUT2D eigenvalue weighted by Crippen LogP contribution is -2.32. The molecule has 1 N–H and O–H groups in total. The van der Waals surface area contributed by atoms with Gasteiger partial charge in [-0.15, -0.1) is 0 Å². The van der Waals surface area contributed by atoms with E-state index in [1.165, 1.54) is 0 Å². The van der Waals surface area contributed by atoms with Gasteiger partial charge in [-0.3, -0.25) is 0 Å². The highest BCUT2D eigenvalue weighted by Crippen LogP contribution is 2.48. The molecule has 0 amide bonds. The second-order valence-corrected chi connectivity index (χ2v) is 4.49. The lowest BCUT2D eigenvalue weighted by molar-refractivity contribution is 0.247. The Morgan fingerprint density at radius 3 is 2.56 bits per heavy atom. The van der Waals surface area contributed by atoms with Crippen molar-refractivity contribution in [2.45, 2.75) is 38.6 Å². The number of aryl methyl sites for hydroxylation is 1. The van der Waals surface area contributed by atoms with Gasteiger partial charge in [-0.2, -0.15) is 4.99 Å². The molecule has 0 unspecified atom stereocenters. The van der Waals surface area contributed by atoms with Crippen molar-refractivity contribution in [3.63, 3.8) is 0 Å². The second kappa shape index (κ2) is 3.76. The van der Waals surface area contributed by atoms with Crippen LogP contribution in [-0.4, -0.2) is 11.2 Å². The lowest BCUT2D eigenvalue weighted by atomic mass is 9.71. The summed E-state index contributed by atoms with van der Waals surface area (Å²) in [7, 11) is 0. The minimum atomic E-state index is -0.510. The van der Waals surface area contributed by atoms with Crippen LogP contribution in [0.15, 0.2) is 17.1 Å². The molecule has 0 spiro atoms. The Morgan fingerprint density at radius 2 is 2.06 bits per heavy atom. The van der Waals surface area contributed by atoms with E-state index in [-0.39, 0.29) is 5.75 Å². The number of phenols is 1. The molecule has 1 aromatic carbocycles. The van der Waals surface area contributed by atoms with E-state index in [2.05, 4.69) is 4.99 Å². The summed E-state index contributed by atoms with van der Waals surface area (Å²) in [6.07, 6.45) is 4.31. The van der Waals surface area contributed by atoms with Crippen LogP contribution in [0.4, 0.5) is 0 Å². The van der Waals surface area contributed by atoms with Gasteiger partial charge < -0.3 is 5.11 Å². The van der Waals surface area contributed by atoms with E-state index in [1.54, 1.807) is 6.08 Å². The zero-order chi connectivity index (χ0) is 11.8. The quantitative estimate of drug-likeness (QED) is 0.611. The molecule has 0 atom stereocenters. The van der Waals surface area contributed by atoms with Crippen molar-refractivity contribution in [1.82, 2.24) is 0 Å². The third-order valence-electron chi connectivity index (χ3n) is 3.64. The third kappa shape index (κ3) is 1.44. The van der Waals surface area contributed by atoms with E-state index in [0.29, 0.717) is 0 Å². The number of isocyanates is 1. The summed E-state index contributed by atoms with van der Waals surface area (Å²) in [6, 6.07) is 3.84. The first-order valence-corrected chi connectivity index (χ1v) is 5.49. The largest absolute Gasteiger partial charge is 0.507 e. The van der Waals surface area contributed by atoms with Gasteiger partial charge in [-0.25, -0.2) is 4.79 Å². The molecular formula is C13H15NO2. The Balaban J connectivity index is 2.55. The van der Waals surface area contributed by atoms with Crippen LogP contribution < -0.4 is 0 Å². The standard InChI is InChI=1S/C13H15NO2/c1-9-4-5-11(12(16)10(9)2)13(14-8-15)6-3-7-13/h4-5,16H,3,6-7H2,1-2H3. The van der Waals surface area contributed by atoms with Crippen molar-refractivity contribution < 1.29 is 9.90 Å². The van der Waals surface area contributed by atoms with Gasteiger partial charge in [0.05, 0.1) is 0 Å². The number of aliphatic imine (C=N–C) groups is 1. The summed E-state index contributed by atoms with van der Waals surface area (Å²) in [6.45, 7) is 3.83. The molecule has 1 saturated carbocycles. The smallest absolute Gasteiger partial charge is 0.235 e. The van der Waals surface area contributed by atoms with Gasteiger partial charge in [0.25, 0.3) is 0 Å².